The monoisotopic (exact) mass is 216 g/mol. The first kappa shape index (κ1) is 10.6. The predicted octanol–water partition coefficient (Wildman–Crippen LogP) is 2.44. The number of hydrogen-bond donors (Lipinski definition) is 0. The molecule has 4 heteroatoms. The second kappa shape index (κ2) is 4.15. The molecule has 1 aromatic rings. The van der Waals surface area contributed by atoms with Crippen LogP contribution in [-0.2, 0) is 8.87 Å². The van der Waals surface area contributed by atoms with Crippen LogP contribution in [0.4, 0.5) is 0 Å². The first-order valence-electron chi connectivity index (χ1n) is 4.03. The van der Waals surface area contributed by atoms with E-state index in [9.17, 15) is 8.42 Å². The van der Waals surface area contributed by atoms with Gasteiger partial charge in [0.15, 0.2) is 0 Å². The molecule has 0 aromatic heterocycles. The largest absolute Gasteiger partial charge is 0.230 e. The van der Waals surface area contributed by atoms with Crippen LogP contribution in [0.3, 0.4) is 0 Å². The average molecular weight is 216 g/mol. The molecule has 0 radical (unpaired) electrons. The van der Waals surface area contributed by atoms with Gasteiger partial charge in [0, 0.05) is 5.75 Å². The Labute approximate surface area is 82.7 Å². The maximum atomic E-state index is 11.6. The topological polar surface area (TPSA) is 34.1 Å². The Morgan fingerprint density at radius 3 is 2.46 bits per heavy atom. The van der Waals surface area contributed by atoms with Gasteiger partial charge in [-0.3, -0.25) is 0 Å². The van der Waals surface area contributed by atoms with Crippen molar-refractivity contribution in [1.82, 2.24) is 0 Å². The van der Waals surface area contributed by atoms with Crippen molar-refractivity contribution in [3.8, 4) is 0 Å². The van der Waals surface area contributed by atoms with Crippen molar-refractivity contribution in [2.24, 2.45) is 0 Å². The third kappa shape index (κ3) is 2.48. The molecule has 72 valence electrons. The highest BCUT2D eigenvalue weighted by molar-refractivity contribution is 8.72. The lowest BCUT2D eigenvalue weighted by molar-refractivity contribution is 0.610. The second-order valence-corrected chi connectivity index (χ2v) is 6.81. The molecule has 1 rings (SSSR count). The molecule has 0 aliphatic heterocycles. The van der Waals surface area contributed by atoms with E-state index in [1.54, 1.807) is 12.1 Å². The summed E-state index contributed by atoms with van der Waals surface area (Å²) in [5.41, 5.74) is 0.809. The van der Waals surface area contributed by atoms with Crippen molar-refractivity contribution in [3.05, 3.63) is 29.8 Å². The third-order valence-electron chi connectivity index (χ3n) is 1.64. The fourth-order valence-electron chi connectivity index (χ4n) is 1.06. The lowest BCUT2D eigenvalue weighted by atomic mass is 10.2. The van der Waals surface area contributed by atoms with Gasteiger partial charge in [0.1, 0.15) is 0 Å². The summed E-state index contributed by atoms with van der Waals surface area (Å²) in [6.45, 7) is 3.64. The van der Waals surface area contributed by atoms with Gasteiger partial charge in [-0.2, -0.15) is 0 Å². The SMILES string of the molecule is CCSS(=O)(=O)c1ccccc1C. The van der Waals surface area contributed by atoms with Crippen LogP contribution in [-0.4, -0.2) is 14.2 Å². The minimum absolute atomic E-state index is 0.432. The minimum atomic E-state index is -3.12. The summed E-state index contributed by atoms with van der Waals surface area (Å²) in [6, 6.07) is 7.04. The molecule has 0 heterocycles. The molecule has 2 nitrogen and oxygen atoms in total. The van der Waals surface area contributed by atoms with Crippen LogP contribution >= 0.6 is 10.8 Å². The Morgan fingerprint density at radius 1 is 1.31 bits per heavy atom. The van der Waals surface area contributed by atoms with Crippen LogP contribution in [0.25, 0.3) is 0 Å². The van der Waals surface area contributed by atoms with E-state index in [0.717, 1.165) is 16.4 Å². The fourth-order valence-corrected chi connectivity index (χ4v) is 4.07. The summed E-state index contributed by atoms with van der Waals surface area (Å²) in [4.78, 5) is 0.432. The molecule has 0 bridgehead atoms. The summed E-state index contributed by atoms with van der Waals surface area (Å²) >= 11 is 0. The zero-order valence-electron chi connectivity index (χ0n) is 7.65. The Kier molecular flexibility index (Phi) is 3.39. The van der Waals surface area contributed by atoms with E-state index < -0.39 is 8.87 Å². The maximum absolute atomic E-state index is 11.6. The summed E-state index contributed by atoms with van der Waals surface area (Å²) in [5.74, 6) is 0.580. The smallest absolute Gasteiger partial charge is 0.212 e. The van der Waals surface area contributed by atoms with Crippen molar-refractivity contribution >= 4 is 19.7 Å². The van der Waals surface area contributed by atoms with Crippen LogP contribution in [0, 0.1) is 6.92 Å². The Balaban J connectivity index is 3.15. The van der Waals surface area contributed by atoms with Gasteiger partial charge in [-0.1, -0.05) is 25.1 Å². The summed E-state index contributed by atoms with van der Waals surface area (Å²) < 4.78 is 23.2. The molecule has 0 saturated carbocycles. The first-order chi connectivity index (χ1) is 6.08. The average Bonchev–Trinajstić information content (AvgIpc) is 2.04. The van der Waals surface area contributed by atoms with Crippen molar-refractivity contribution in [3.63, 3.8) is 0 Å². The van der Waals surface area contributed by atoms with Crippen LogP contribution in [0.2, 0.25) is 0 Å². The zero-order valence-corrected chi connectivity index (χ0v) is 9.28. The second-order valence-electron chi connectivity index (χ2n) is 2.63. The van der Waals surface area contributed by atoms with E-state index in [1.165, 1.54) is 0 Å². The zero-order chi connectivity index (χ0) is 9.90. The summed E-state index contributed by atoms with van der Waals surface area (Å²) in [6.07, 6.45) is 0. The van der Waals surface area contributed by atoms with Gasteiger partial charge in [0.05, 0.1) is 4.90 Å². The molecule has 0 spiro atoms. The summed E-state index contributed by atoms with van der Waals surface area (Å²) in [7, 11) is -2.15. The third-order valence-corrected chi connectivity index (χ3v) is 5.36. The van der Waals surface area contributed by atoms with Crippen molar-refractivity contribution < 1.29 is 8.42 Å². The summed E-state index contributed by atoms with van der Waals surface area (Å²) in [5, 5.41) is 0. The Bertz CT molecular complexity index is 382. The number of rotatable bonds is 3. The highest BCUT2D eigenvalue weighted by Crippen LogP contribution is 2.25. The van der Waals surface area contributed by atoms with Crippen LogP contribution in [0.1, 0.15) is 12.5 Å². The van der Waals surface area contributed by atoms with Gasteiger partial charge < -0.3 is 0 Å². The molecule has 0 unspecified atom stereocenters. The Morgan fingerprint density at radius 2 is 1.92 bits per heavy atom. The van der Waals surface area contributed by atoms with Crippen LogP contribution in [0.15, 0.2) is 29.2 Å². The molecule has 0 aliphatic rings. The fraction of sp³-hybridized carbons (Fsp3) is 0.333. The predicted molar refractivity (Wildman–Crippen MR) is 56.5 cm³/mol. The van der Waals surface area contributed by atoms with Gasteiger partial charge in [-0.05, 0) is 29.3 Å². The molecule has 0 atom stereocenters. The van der Waals surface area contributed by atoms with E-state index in [4.69, 9.17) is 0 Å². The van der Waals surface area contributed by atoms with Crippen molar-refractivity contribution in [2.45, 2.75) is 18.7 Å². The normalized spacial score (nSPS) is 11.5. The molecule has 13 heavy (non-hydrogen) atoms. The Hall–Kier alpha value is -0.480. The quantitative estimate of drug-likeness (QED) is 0.728. The lowest BCUT2D eigenvalue weighted by Crippen LogP contribution is -1.97. The van der Waals surface area contributed by atoms with E-state index in [0.29, 0.717) is 10.6 Å². The number of benzene rings is 1. The molecular formula is C9H12O2S2. The highest BCUT2D eigenvalue weighted by atomic mass is 33.1. The van der Waals surface area contributed by atoms with E-state index in [2.05, 4.69) is 0 Å². The number of hydrogen-bond acceptors (Lipinski definition) is 3. The van der Waals surface area contributed by atoms with Gasteiger partial charge in [0.25, 0.3) is 0 Å². The minimum Gasteiger partial charge on any atom is -0.212 e. The van der Waals surface area contributed by atoms with Crippen LogP contribution in [0.5, 0.6) is 0 Å². The van der Waals surface area contributed by atoms with Crippen molar-refractivity contribution in [2.75, 3.05) is 5.75 Å². The molecule has 0 aliphatic carbocycles. The van der Waals surface area contributed by atoms with Crippen molar-refractivity contribution in [1.29, 1.82) is 0 Å². The van der Waals surface area contributed by atoms with Gasteiger partial charge in [-0.15, -0.1) is 0 Å². The molecule has 0 saturated heterocycles. The molecule has 0 fully saturated rings. The molecular weight excluding hydrogens is 204 g/mol. The van der Waals surface area contributed by atoms with E-state index in [1.807, 2.05) is 26.0 Å². The van der Waals surface area contributed by atoms with Gasteiger partial charge >= 0.3 is 0 Å². The highest BCUT2D eigenvalue weighted by Gasteiger charge is 2.15. The number of aryl methyl sites for hydroxylation is 1. The first-order valence-corrected chi connectivity index (χ1v) is 7.01. The standard InChI is InChI=1S/C9H12O2S2/c1-3-12-13(10,11)9-7-5-4-6-8(9)2/h4-7H,3H2,1-2H3. The van der Waals surface area contributed by atoms with E-state index in [-0.39, 0.29) is 0 Å². The molecule has 1 aromatic carbocycles. The molecule has 0 N–H and O–H groups in total. The molecule has 0 amide bonds. The van der Waals surface area contributed by atoms with Crippen LogP contribution < -0.4 is 0 Å². The maximum Gasteiger partial charge on any atom is 0.230 e. The lowest BCUT2D eigenvalue weighted by Gasteiger charge is -2.04. The van der Waals surface area contributed by atoms with E-state index >= 15 is 0 Å². The van der Waals surface area contributed by atoms with Gasteiger partial charge in [-0.25, -0.2) is 8.42 Å². The van der Waals surface area contributed by atoms with Gasteiger partial charge in [0.2, 0.25) is 8.87 Å².